The fourth-order valence-electron chi connectivity index (χ4n) is 3.18. The fourth-order valence-corrected chi connectivity index (χ4v) is 5.36. The van der Waals surface area contributed by atoms with Gasteiger partial charge in [0.1, 0.15) is 5.75 Å². The third kappa shape index (κ3) is 5.29. The smallest absolute Gasteiger partial charge is 0.269 e. The number of hydrogen-bond acceptors (Lipinski definition) is 7. The van der Waals surface area contributed by atoms with Crippen LogP contribution in [0.25, 0.3) is 5.69 Å². The number of aryl methyl sites for hydroxylation is 1. The van der Waals surface area contributed by atoms with E-state index in [1.165, 1.54) is 23.9 Å². The van der Waals surface area contributed by atoms with Crippen LogP contribution in [-0.2, 0) is 21.3 Å². The van der Waals surface area contributed by atoms with Crippen LogP contribution < -0.4 is 0 Å². The first-order valence-corrected chi connectivity index (χ1v) is 12.6. The van der Waals surface area contributed by atoms with Crippen LogP contribution in [0, 0.1) is 17.0 Å². The Bertz CT molecular complexity index is 1370. The molecule has 168 valence electrons. The molecule has 0 aliphatic heterocycles. The highest BCUT2D eigenvalue weighted by Crippen LogP contribution is 2.27. The summed E-state index contributed by atoms with van der Waals surface area (Å²) in [4.78, 5) is 10.7. The quantitative estimate of drug-likeness (QED) is 0.203. The average molecular weight is 481 g/mol. The molecule has 33 heavy (non-hydrogen) atoms. The second kappa shape index (κ2) is 9.55. The second-order valence-corrected chi connectivity index (χ2v) is 10.3. The number of sulfone groups is 1. The van der Waals surface area contributed by atoms with Crippen LogP contribution in [0.4, 0.5) is 5.69 Å². The van der Waals surface area contributed by atoms with Crippen molar-refractivity contribution in [3.63, 3.8) is 0 Å². The summed E-state index contributed by atoms with van der Waals surface area (Å²) in [6.07, 6.45) is 0. The van der Waals surface area contributed by atoms with Crippen molar-refractivity contribution in [2.24, 2.45) is 0 Å². The van der Waals surface area contributed by atoms with E-state index in [0.717, 1.165) is 16.8 Å². The molecule has 0 N–H and O–H groups in total. The first-order valence-electron chi connectivity index (χ1n) is 9.99. The Morgan fingerprint density at radius 2 is 1.61 bits per heavy atom. The van der Waals surface area contributed by atoms with Gasteiger partial charge in [-0.15, -0.1) is 10.2 Å². The van der Waals surface area contributed by atoms with Gasteiger partial charge in [-0.1, -0.05) is 59.8 Å². The highest BCUT2D eigenvalue weighted by molar-refractivity contribution is 7.98. The Kier molecular flexibility index (Phi) is 6.57. The van der Waals surface area contributed by atoms with Crippen LogP contribution >= 0.6 is 11.8 Å². The van der Waals surface area contributed by atoms with E-state index >= 15 is 0 Å². The van der Waals surface area contributed by atoms with E-state index in [9.17, 15) is 18.5 Å². The van der Waals surface area contributed by atoms with Gasteiger partial charge in [0.25, 0.3) is 5.69 Å². The minimum absolute atomic E-state index is 0.0276. The molecule has 0 amide bonds. The fraction of sp³-hybridized carbons (Fsp3) is 0.130. The highest BCUT2D eigenvalue weighted by Gasteiger charge is 2.22. The maximum atomic E-state index is 13.0. The lowest BCUT2D eigenvalue weighted by molar-refractivity contribution is -0.384. The van der Waals surface area contributed by atoms with Crippen molar-refractivity contribution in [3.8, 4) is 5.69 Å². The van der Waals surface area contributed by atoms with Crippen molar-refractivity contribution in [2.45, 2.75) is 28.5 Å². The van der Waals surface area contributed by atoms with E-state index in [0.29, 0.717) is 16.7 Å². The van der Waals surface area contributed by atoms with Crippen LogP contribution in [0.3, 0.4) is 0 Å². The Balaban J connectivity index is 1.63. The molecule has 0 saturated carbocycles. The molecular weight excluding hydrogens is 460 g/mol. The molecule has 0 unspecified atom stereocenters. The SMILES string of the molecule is Cc1ccc(S(=O)(=O)Cc2nnc(SCc3ccc([N+](=O)[O-])cc3)n2-c2ccccc2)cc1. The molecule has 4 rings (SSSR count). The molecule has 0 aliphatic rings. The number of thioether (sulfide) groups is 1. The first-order chi connectivity index (χ1) is 15.8. The molecule has 0 bridgehead atoms. The van der Waals surface area contributed by atoms with E-state index in [4.69, 9.17) is 0 Å². The summed E-state index contributed by atoms with van der Waals surface area (Å²) < 4.78 is 27.8. The van der Waals surface area contributed by atoms with Gasteiger partial charge in [0, 0.05) is 23.6 Å². The highest BCUT2D eigenvalue weighted by atomic mass is 32.2. The Morgan fingerprint density at radius 1 is 0.939 bits per heavy atom. The summed E-state index contributed by atoms with van der Waals surface area (Å²) >= 11 is 1.38. The summed E-state index contributed by atoms with van der Waals surface area (Å²) in [5, 5.41) is 19.8. The summed E-state index contributed by atoms with van der Waals surface area (Å²) in [6, 6.07) is 22.3. The van der Waals surface area contributed by atoms with Crippen LogP contribution in [0.2, 0.25) is 0 Å². The van der Waals surface area contributed by atoms with Gasteiger partial charge in [0.05, 0.1) is 9.82 Å². The van der Waals surface area contributed by atoms with Crippen LogP contribution in [0.5, 0.6) is 0 Å². The standard InChI is InChI=1S/C23H20N4O4S2/c1-17-7-13-21(14-8-17)33(30,31)16-22-24-25-23(26(22)19-5-3-2-4-6-19)32-15-18-9-11-20(12-10-18)27(28)29/h2-14H,15-16H2,1H3. The van der Waals surface area contributed by atoms with E-state index < -0.39 is 14.8 Å². The molecule has 1 aromatic heterocycles. The zero-order valence-electron chi connectivity index (χ0n) is 17.7. The zero-order valence-corrected chi connectivity index (χ0v) is 19.3. The molecule has 0 radical (unpaired) electrons. The van der Waals surface area contributed by atoms with Gasteiger partial charge in [0.15, 0.2) is 20.8 Å². The minimum Gasteiger partial charge on any atom is -0.273 e. The molecule has 0 aliphatic carbocycles. The number of non-ortho nitro benzene ring substituents is 1. The first kappa shape index (κ1) is 22.7. The molecule has 0 fully saturated rings. The largest absolute Gasteiger partial charge is 0.273 e. The number of nitro groups is 1. The average Bonchev–Trinajstić information content (AvgIpc) is 3.20. The van der Waals surface area contributed by atoms with Crippen molar-refractivity contribution < 1.29 is 13.3 Å². The van der Waals surface area contributed by atoms with Gasteiger partial charge >= 0.3 is 0 Å². The molecule has 0 saturated heterocycles. The van der Waals surface area contributed by atoms with Crippen molar-refractivity contribution >= 4 is 27.3 Å². The minimum atomic E-state index is -3.62. The third-order valence-corrected chi connectivity index (χ3v) is 7.56. The normalized spacial score (nSPS) is 11.4. The second-order valence-electron chi connectivity index (χ2n) is 7.35. The molecule has 10 heteroatoms. The van der Waals surface area contributed by atoms with Gasteiger partial charge in [-0.3, -0.25) is 14.7 Å². The van der Waals surface area contributed by atoms with Gasteiger partial charge in [-0.2, -0.15) is 0 Å². The number of nitrogens with zero attached hydrogens (tertiary/aromatic N) is 4. The van der Waals surface area contributed by atoms with Crippen LogP contribution in [-0.4, -0.2) is 28.1 Å². The number of hydrogen-bond donors (Lipinski definition) is 0. The maximum absolute atomic E-state index is 13.0. The van der Waals surface area contributed by atoms with E-state index in [1.807, 2.05) is 37.3 Å². The number of aromatic nitrogens is 3. The van der Waals surface area contributed by atoms with E-state index in [1.54, 1.807) is 41.0 Å². The van der Waals surface area contributed by atoms with Crippen molar-refractivity contribution in [1.29, 1.82) is 0 Å². The molecular formula is C23H20N4O4S2. The van der Waals surface area contributed by atoms with Crippen molar-refractivity contribution in [2.75, 3.05) is 0 Å². The molecule has 8 nitrogen and oxygen atoms in total. The predicted octanol–water partition coefficient (Wildman–Crippen LogP) is 4.75. The number of para-hydroxylation sites is 1. The van der Waals surface area contributed by atoms with Crippen LogP contribution in [0.1, 0.15) is 17.0 Å². The molecule has 1 heterocycles. The maximum Gasteiger partial charge on any atom is 0.269 e. The van der Waals surface area contributed by atoms with Crippen LogP contribution in [0.15, 0.2) is 88.9 Å². The Hall–Kier alpha value is -3.50. The summed E-state index contributed by atoms with van der Waals surface area (Å²) in [6.45, 7) is 1.90. The van der Waals surface area contributed by atoms with Gasteiger partial charge in [-0.05, 0) is 36.8 Å². The topological polar surface area (TPSA) is 108 Å². The predicted molar refractivity (Wildman–Crippen MR) is 126 cm³/mol. The summed E-state index contributed by atoms with van der Waals surface area (Å²) in [5.74, 6) is 0.511. The number of benzene rings is 3. The lowest BCUT2D eigenvalue weighted by Crippen LogP contribution is -2.11. The molecule has 0 spiro atoms. The zero-order chi connectivity index (χ0) is 23.4. The van der Waals surface area contributed by atoms with E-state index in [-0.39, 0.29) is 16.3 Å². The monoisotopic (exact) mass is 480 g/mol. The van der Waals surface area contributed by atoms with Gasteiger partial charge in [0.2, 0.25) is 0 Å². The lowest BCUT2D eigenvalue weighted by Gasteiger charge is -2.11. The Labute approximate surface area is 195 Å². The molecule has 3 aromatic carbocycles. The summed E-state index contributed by atoms with van der Waals surface area (Å²) in [5.41, 5.74) is 2.64. The van der Waals surface area contributed by atoms with Crippen molar-refractivity contribution in [1.82, 2.24) is 14.8 Å². The van der Waals surface area contributed by atoms with Crippen molar-refractivity contribution in [3.05, 3.63) is 106 Å². The Morgan fingerprint density at radius 3 is 2.24 bits per heavy atom. The third-order valence-electron chi connectivity index (χ3n) is 4.93. The lowest BCUT2D eigenvalue weighted by atomic mass is 10.2. The number of nitro benzene ring substituents is 1. The molecule has 0 atom stereocenters. The number of rotatable bonds is 8. The van der Waals surface area contributed by atoms with E-state index in [2.05, 4.69) is 10.2 Å². The van der Waals surface area contributed by atoms with Gasteiger partial charge < -0.3 is 0 Å². The molecule has 4 aromatic rings. The summed E-state index contributed by atoms with van der Waals surface area (Å²) in [7, 11) is -3.62. The van der Waals surface area contributed by atoms with Gasteiger partial charge in [-0.25, -0.2) is 8.42 Å².